The lowest BCUT2D eigenvalue weighted by Gasteiger charge is -2.16. The molecule has 0 amide bonds. The normalized spacial score (nSPS) is 14.4. The predicted octanol–water partition coefficient (Wildman–Crippen LogP) is 6.52. The highest BCUT2D eigenvalue weighted by Crippen LogP contribution is 2.52. The highest BCUT2D eigenvalue weighted by molar-refractivity contribution is 7.14. The summed E-state index contributed by atoms with van der Waals surface area (Å²) in [4.78, 5) is 1.95. The molecule has 0 unspecified atom stereocenters. The Morgan fingerprint density at radius 1 is 0.639 bits per heavy atom. The Morgan fingerprint density at radius 3 is 1.58 bits per heavy atom. The molecule has 0 fully saturated rings. The van der Waals surface area contributed by atoms with E-state index in [1.807, 2.05) is 22.9 Å². The van der Waals surface area contributed by atoms with Crippen LogP contribution in [-0.2, 0) is 0 Å². The van der Waals surface area contributed by atoms with Crippen molar-refractivity contribution >= 4 is 28.2 Å². The van der Waals surface area contributed by atoms with Gasteiger partial charge in [-0.25, -0.2) is 0 Å². The standard InChI is InChI=1S/C28H16N2O4S2/c29-11-17(12-30)24-20-9-15(27-25-22(13-35-27)31-5-7-33-25)1-3-18(20)19-4-2-16(10-21(19)24)28-26-23(14-36-28)32-6-8-34-26/h1-4,9-10,13-14H,5-8H2. The Hall–Kier alpha value is -4.24. The van der Waals surface area contributed by atoms with Crippen LogP contribution in [0.3, 0.4) is 0 Å². The molecule has 0 radical (unpaired) electrons. The second-order valence-electron chi connectivity index (χ2n) is 8.40. The van der Waals surface area contributed by atoms with E-state index in [9.17, 15) is 10.5 Å². The average Bonchev–Trinajstić information content (AvgIpc) is 3.63. The lowest BCUT2D eigenvalue weighted by molar-refractivity contribution is 0.174. The lowest BCUT2D eigenvalue weighted by atomic mass is 9.96. The minimum absolute atomic E-state index is 0.0879. The summed E-state index contributed by atoms with van der Waals surface area (Å²) < 4.78 is 23.2. The van der Waals surface area contributed by atoms with Crippen molar-refractivity contribution in [3.05, 3.63) is 63.9 Å². The first-order valence-electron chi connectivity index (χ1n) is 11.4. The topological polar surface area (TPSA) is 84.5 Å². The van der Waals surface area contributed by atoms with Crippen LogP contribution in [0.5, 0.6) is 23.0 Å². The number of rotatable bonds is 2. The van der Waals surface area contributed by atoms with E-state index in [1.54, 1.807) is 22.7 Å². The first kappa shape index (κ1) is 21.1. The number of nitrogens with zero attached hydrogens (tertiary/aromatic N) is 2. The quantitative estimate of drug-likeness (QED) is 0.253. The van der Waals surface area contributed by atoms with Gasteiger partial charge in [0, 0.05) is 16.3 Å². The summed E-state index contributed by atoms with van der Waals surface area (Å²) in [5.41, 5.74) is 6.38. The SMILES string of the molecule is N#CC(C#N)=C1c2cc(-c3scc4c3OCCO4)ccc2-c2ccc(-c3scc4c3OCCO4)cc21. The largest absolute Gasteiger partial charge is 0.485 e. The van der Waals surface area contributed by atoms with Crippen LogP contribution in [0, 0.1) is 22.7 Å². The van der Waals surface area contributed by atoms with Gasteiger partial charge in [0.15, 0.2) is 23.0 Å². The molecule has 0 atom stereocenters. The van der Waals surface area contributed by atoms with Crippen LogP contribution in [0.1, 0.15) is 11.1 Å². The number of hydrogen-bond donors (Lipinski definition) is 0. The molecule has 0 N–H and O–H groups in total. The van der Waals surface area contributed by atoms with Crippen LogP contribution < -0.4 is 18.9 Å². The number of fused-ring (bicyclic) bond motifs is 5. The molecule has 1 aliphatic carbocycles. The highest BCUT2D eigenvalue weighted by atomic mass is 32.1. The lowest BCUT2D eigenvalue weighted by Crippen LogP contribution is -2.14. The fourth-order valence-electron chi connectivity index (χ4n) is 4.93. The molecular formula is C28H16N2O4S2. The van der Waals surface area contributed by atoms with E-state index in [0.717, 1.165) is 66.1 Å². The van der Waals surface area contributed by atoms with Gasteiger partial charge in [0.2, 0.25) is 0 Å². The summed E-state index contributed by atoms with van der Waals surface area (Å²) >= 11 is 3.12. The second-order valence-corrected chi connectivity index (χ2v) is 10.2. The zero-order valence-electron chi connectivity index (χ0n) is 18.8. The molecule has 7 rings (SSSR count). The minimum Gasteiger partial charge on any atom is -0.485 e. The van der Waals surface area contributed by atoms with E-state index >= 15 is 0 Å². The molecule has 0 spiro atoms. The maximum absolute atomic E-state index is 9.86. The van der Waals surface area contributed by atoms with Gasteiger partial charge in [0.05, 0.1) is 9.75 Å². The van der Waals surface area contributed by atoms with Gasteiger partial charge in [0.1, 0.15) is 44.1 Å². The fourth-order valence-corrected chi connectivity index (χ4v) is 6.79. The Labute approximate surface area is 214 Å². The molecule has 0 bridgehead atoms. The van der Waals surface area contributed by atoms with Crippen molar-refractivity contribution in [2.24, 2.45) is 0 Å². The molecule has 2 aliphatic heterocycles. The summed E-state index contributed by atoms with van der Waals surface area (Å²) in [6.07, 6.45) is 0. The number of benzene rings is 2. The molecule has 2 aromatic heterocycles. The summed E-state index contributed by atoms with van der Waals surface area (Å²) in [6, 6.07) is 16.6. The van der Waals surface area contributed by atoms with E-state index in [0.29, 0.717) is 32.0 Å². The molecule has 4 heterocycles. The molecule has 174 valence electrons. The third-order valence-corrected chi connectivity index (χ3v) is 8.45. The third kappa shape index (κ3) is 3.06. The third-order valence-electron chi connectivity index (χ3n) is 6.47. The van der Waals surface area contributed by atoms with E-state index in [1.165, 1.54) is 0 Å². The number of nitriles is 2. The summed E-state index contributed by atoms with van der Waals surface area (Å²) in [5, 5.41) is 23.6. The smallest absolute Gasteiger partial charge is 0.179 e. The van der Waals surface area contributed by atoms with E-state index < -0.39 is 0 Å². The maximum Gasteiger partial charge on any atom is 0.179 e. The van der Waals surface area contributed by atoms with Gasteiger partial charge in [0.25, 0.3) is 0 Å². The Bertz CT molecular complexity index is 1560. The van der Waals surface area contributed by atoms with Crippen LogP contribution in [-0.4, -0.2) is 26.4 Å². The van der Waals surface area contributed by atoms with Crippen molar-refractivity contribution in [3.8, 4) is 67.1 Å². The molecule has 3 aliphatic rings. The molecule has 36 heavy (non-hydrogen) atoms. The summed E-state index contributed by atoms with van der Waals surface area (Å²) in [6.45, 7) is 2.09. The monoisotopic (exact) mass is 508 g/mol. The number of hydrogen-bond acceptors (Lipinski definition) is 8. The molecule has 2 aromatic carbocycles. The van der Waals surface area contributed by atoms with Crippen molar-refractivity contribution < 1.29 is 18.9 Å². The van der Waals surface area contributed by atoms with Gasteiger partial charge in [-0.3, -0.25) is 0 Å². The number of ether oxygens (including phenoxy) is 4. The van der Waals surface area contributed by atoms with E-state index in [-0.39, 0.29) is 5.57 Å². The van der Waals surface area contributed by atoms with Gasteiger partial charge < -0.3 is 18.9 Å². The maximum atomic E-state index is 9.86. The van der Waals surface area contributed by atoms with Gasteiger partial charge in [-0.05, 0) is 45.5 Å². The van der Waals surface area contributed by atoms with Crippen LogP contribution in [0.4, 0.5) is 0 Å². The van der Waals surface area contributed by atoms with Crippen LogP contribution >= 0.6 is 22.7 Å². The Balaban J connectivity index is 1.40. The van der Waals surface area contributed by atoms with E-state index in [2.05, 4.69) is 36.4 Å². The average molecular weight is 509 g/mol. The van der Waals surface area contributed by atoms with Crippen LogP contribution in [0.15, 0.2) is 52.7 Å². The molecule has 6 nitrogen and oxygen atoms in total. The van der Waals surface area contributed by atoms with Gasteiger partial charge >= 0.3 is 0 Å². The van der Waals surface area contributed by atoms with Crippen molar-refractivity contribution in [2.45, 2.75) is 0 Å². The van der Waals surface area contributed by atoms with Crippen molar-refractivity contribution in [1.82, 2.24) is 0 Å². The summed E-state index contributed by atoms with van der Waals surface area (Å²) in [5.74, 6) is 3.01. The Kier molecular flexibility index (Phi) is 4.78. The number of allylic oxidation sites excluding steroid dienone is 1. The Morgan fingerprint density at radius 2 is 1.11 bits per heavy atom. The zero-order valence-corrected chi connectivity index (χ0v) is 20.4. The van der Waals surface area contributed by atoms with Crippen molar-refractivity contribution in [3.63, 3.8) is 0 Å². The van der Waals surface area contributed by atoms with Crippen molar-refractivity contribution in [1.29, 1.82) is 10.5 Å². The van der Waals surface area contributed by atoms with Gasteiger partial charge in [-0.2, -0.15) is 10.5 Å². The van der Waals surface area contributed by atoms with Crippen LogP contribution in [0.25, 0.3) is 37.6 Å². The second kappa shape index (κ2) is 8.17. The summed E-state index contributed by atoms with van der Waals surface area (Å²) in [7, 11) is 0. The van der Waals surface area contributed by atoms with Crippen molar-refractivity contribution in [2.75, 3.05) is 26.4 Å². The molecular weight excluding hydrogens is 492 g/mol. The molecule has 0 saturated carbocycles. The minimum atomic E-state index is 0.0879. The first-order valence-corrected chi connectivity index (χ1v) is 13.1. The van der Waals surface area contributed by atoms with Gasteiger partial charge in [-0.1, -0.05) is 24.3 Å². The fraction of sp³-hybridized carbons (Fsp3) is 0.143. The predicted molar refractivity (Wildman–Crippen MR) is 138 cm³/mol. The first-order chi connectivity index (χ1) is 17.8. The zero-order chi connectivity index (χ0) is 24.2. The van der Waals surface area contributed by atoms with Gasteiger partial charge in [-0.15, -0.1) is 22.7 Å². The van der Waals surface area contributed by atoms with Crippen LogP contribution in [0.2, 0.25) is 0 Å². The molecule has 0 saturated heterocycles. The van der Waals surface area contributed by atoms with E-state index in [4.69, 9.17) is 18.9 Å². The molecule has 8 heteroatoms. The molecule has 4 aromatic rings. The number of thiophene rings is 2. The highest BCUT2D eigenvalue weighted by Gasteiger charge is 2.30.